The topological polar surface area (TPSA) is 78.9 Å². The van der Waals surface area contributed by atoms with Crippen LogP contribution in [0.3, 0.4) is 0 Å². The van der Waals surface area contributed by atoms with E-state index in [1.807, 2.05) is 0 Å². The fourth-order valence-electron chi connectivity index (χ4n) is 8.65. The lowest BCUT2D eigenvalue weighted by Gasteiger charge is -2.18. The number of carbonyl (C=O) groups excluding carboxylic acids is 3. The number of allylic oxidation sites excluding steroid dienone is 6. The summed E-state index contributed by atoms with van der Waals surface area (Å²) in [5.74, 6) is -0.870. The first-order chi connectivity index (χ1) is 33.0. The summed E-state index contributed by atoms with van der Waals surface area (Å²) in [4.78, 5) is 37.9. The van der Waals surface area contributed by atoms with Crippen molar-refractivity contribution in [3.05, 3.63) is 36.5 Å². The van der Waals surface area contributed by atoms with Gasteiger partial charge in [-0.15, -0.1) is 0 Å². The van der Waals surface area contributed by atoms with Crippen molar-refractivity contribution < 1.29 is 28.6 Å². The van der Waals surface area contributed by atoms with Crippen LogP contribution in [0.4, 0.5) is 0 Å². The molecule has 1 unspecified atom stereocenters. The summed E-state index contributed by atoms with van der Waals surface area (Å²) in [5, 5.41) is 0. The van der Waals surface area contributed by atoms with Crippen LogP contribution in [0.25, 0.3) is 0 Å². The summed E-state index contributed by atoms with van der Waals surface area (Å²) < 4.78 is 16.8. The molecule has 0 aromatic carbocycles. The van der Waals surface area contributed by atoms with Crippen LogP contribution in [0, 0.1) is 0 Å². The van der Waals surface area contributed by atoms with Crippen LogP contribution in [-0.4, -0.2) is 37.2 Å². The monoisotopic (exact) mass is 941 g/mol. The van der Waals surface area contributed by atoms with Crippen molar-refractivity contribution in [3.63, 3.8) is 0 Å². The lowest BCUT2D eigenvalue weighted by atomic mass is 10.0. The van der Waals surface area contributed by atoms with Gasteiger partial charge in [0.2, 0.25) is 0 Å². The van der Waals surface area contributed by atoms with E-state index < -0.39 is 6.10 Å². The Balaban J connectivity index is 4.03. The van der Waals surface area contributed by atoms with E-state index in [9.17, 15) is 14.4 Å². The molecular weight excluding hydrogens is 829 g/mol. The third-order valence-electron chi connectivity index (χ3n) is 13.1. The minimum absolute atomic E-state index is 0.0714. The second-order valence-electron chi connectivity index (χ2n) is 19.9. The highest BCUT2D eigenvalue weighted by Crippen LogP contribution is 2.17. The number of carbonyl (C=O) groups is 3. The second kappa shape index (κ2) is 56.2. The van der Waals surface area contributed by atoms with Crippen molar-refractivity contribution in [3.8, 4) is 0 Å². The van der Waals surface area contributed by atoms with E-state index in [1.54, 1.807) is 0 Å². The maximum atomic E-state index is 12.7. The first-order valence-corrected chi connectivity index (χ1v) is 29.5. The predicted octanol–water partition coefficient (Wildman–Crippen LogP) is 19.7. The van der Waals surface area contributed by atoms with Crippen LogP contribution in [0.5, 0.6) is 0 Å². The molecule has 6 heteroatoms. The van der Waals surface area contributed by atoms with Crippen molar-refractivity contribution >= 4 is 17.9 Å². The van der Waals surface area contributed by atoms with Gasteiger partial charge in [0.1, 0.15) is 13.2 Å². The molecule has 0 saturated heterocycles. The molecule has 0 bridgehead atoms. The van der Waals surface area contributed by atoms with Crippen molar-refractivity contribution in [2.24, 2.45) is 0 Å². The minimum Gasteiger partial charge on any atom is -0.462 e. The molecule has 0 aliphatic heterocycles. The van der Waals surface area contributed by atoms with Gasteiger partial charge in [-0.25, -0.2) is 0 Å². The molecule has 0 rings (SSSR count). The normalized spacial score (nSPS) is 12.2. The van der Waals surface area contributed by atoms with Gasteiger partial charge in [0.25, 0.3) is 0 Å². The zero-order valence-corrected chi connectivity index (χ0v) is 44.9. The van der Waals surface area contributed by atoms with Crippen LogP contribution in [0.2, 0.25) is 0 Å². The van der Waals surface area contributed by atoms with Crippen molar-refractivity contribution in [1.82, 2.24) is 0 Å². The molecule has 0 aliphatic rings. The smallest absolute Gasteiger partial charge is 0.306 e. The zero-order chi connectivity index (χ0) is 48.6. The largest absolute Gasteiger partial charge is 0.462 e. The summed E-state index contributed by atoms with van der Waals surface area (Å²) in [5.41, 5.74) is 0. The molecule has 0 N–H and O–H groups in total. The lowest BCUT2D eigenvalue weighted by Crippen LogP contribution is -2.30. The highest BCUT2D eigenvalue weighted by Gasteiger charge is 2.19. The van der Waals surface area contributed by atoms with Gasteiger partial charge in [-0.3, -0.25) is 14.4 Å². The zero-order valence-electron chi connectivity index (χ0n) is 44.9. The van der Waals surface area contributed by atoms with Gasteiger partial charge in [0, 0.05) is 19.3 Å². The highest BCUT2D eigenvalue weighted by molar-refractivity contribution is 5.71. The summed E-state index contributed by atoms with van der Waals surface area (Å²) in [6, 6.07) is 0. The van der Waals surface area contributed by atoms with Crippen LogP contribution in [0.1, 0.15) is 316 Å². The van der Waals surface area contributed by atoms with Crippen molar-refractivity contribution in [2.75, 3.05) is 13.2 Å². The van der Waals surface area contributed by atoms with Gasteiger partial charge in [0.05, 0.1) is 0 Å². The third-order valence-corrected chi connectivity index (χ3v) is 13.1. The Morgan fingerprint density at radius 3 is 0.896 bits per heavy atom. The van der Waals surface area contributed by atoms with Gasteiger partial charge in [-0.1, -0.05) is 263 Å². The van der Waals surface area contributed by atoms with E-state index in [4.69, 9.17) is 14.2 Å². The molecule has 1 atom stereocenters. The first kappa shape index (κ1) is 64.6. The fraction of sp³-hybridized carbons (Fsp3) is 0.852. The van der Waals surface area contributed by atoms with E-state index >= 15 is 0 Å². The summed E-state index contributed by atoms with van der Waals surface area (Å²) in [6.07, 6.45) is 67.4. The Labute approximate surface area is 416 Å². The Kier molecular flexibility index (Phi) is 54.2. The predicted molar refractivity (Wildman–Crippen MR) is 289 cm³/mol. The van der Waals surface area contributed by atoms with Gasteiger partial charge < -0.3 is 14.2 Å². The maximum absolute atomic E-state index is 12.7. The average Bonchev–Trinajstić information content (AvgIpc) is 3.33. The maximum Gasteiger partial charge on any atom is 0.306 e. The van der Waals surface area contributed by atoms with E-state index in [0.717, 1.165) is 83.5 Å². The van der Waals surface area contributed by atoms with Crippen LogP contribution in [0.15, 0.2) is 36.5 Å². The highest BCUT2D eigenvalue weighted by atomic mass is 16.6. The summed E-state index contributed by atoms with van der Waals surface area (Å²) >= 11 is 0. The number of hydrogen-bond donors (Lipinski definition) is 0. The molecular formula is C61H112O6. The van der Waals surface area contributed by atoms with E-state index in [2.05, 4.69) is 57.2 Å². The Morgan fingerprint density at radius 2 is 0.567 bits per heavy atom. The molecule has 0 saturated carbocycles. The number of unbranched alkanes of at least 4 members (excludes halogenated alkanes) is 37. The SMILES string of the molecule is CCC/C=C\CCCCCCCC(=O)OC(COC(=O)CCCCCCCCCCCC)COC(=O)CCCCCCCCCCCCCCCCCCC/C=C\C/C=C\CCCCCCC. The van der Waals surface area contributed by atoms with Gasteiger partial charge in [-0.2, -0.15) is 0 Å². The molecule has 0 spiro atoms. The lowest BCUT2D eigenvalue weighted by molar-refractivity contribution is -0.167. The molecule has 67 heavy (non-hydrogen) atoms. The summed E-state index contributed by atoms with van der Waals surface area (Å²) in [7, 11) is 0. The van der Waals surface area contributed by atoms with Crippen LogP contribution >= 0.6 is 0 Å². The Hall–Kier alpha value is -2.37. The van der Waals surface area contributed by atoms with Gasteiger partial charge >= 0.3 is 17.9 Å². The van der Waals surface area contributed by atoms with Crippen molar-refractivity contribution in [2.45, 2.75) is 322 Å². The van der Waals surface area contributed by atoms with Crippen LogP contribution in [-0.2, 0) is 28.6 Å². The molecule has 0 aromatic rings. The summed E-state index contributed by atoms with van der Waals surface area (Å²) in [6.45, 7) is 6.58. The van der Waals surface area contributed by atoms with Crippen LogP contribution < -0.4 is 0 Å². The minimum atomic E-state index is -0.770. The van der Waals surface area contributed by atoms with E-state index in [-0.39, 0.29) is 31.1 Å². The average molecular weight is 942 g/mol. The fourth-order valence-corrected chi connectivity index (χ4v) is 8.65. The molecule has 0 heterocycles. The molecule has 0 aliphatic carbocycles. The number of esters is 3. The van der Waals surface area contributed by atoms with E-state index in [1.165, 1.54) is 193 Å². The molecule has 6 nitrogen and oxygen atoms in total. The van der Waals surface area contributed by atoms with Gasteiger partial charge in [0.15, 0.2) is 6.10 Å². The number of hydrogen-bond acceptors (Lipinski definition) is 6. The standard InChI is InChI=1S/C61H112O6/c1-4-7-10-13-16-19-22-23-24-25-26-27-28-29-30-31-32-33-34-35-36-37-38-39-40-43-45-48-51-54-60(63)66-57-58(67-61(64)55-52-49-46-42-21-18-15-12-9-6-3)56-65-59(62)53-50-47-44-41-20-17-14-11-8-5-2/h12,15,22-23,25-26,58H,4-11,13-14,16-21,24,27-57H2,1-3H3/b15-12-,23-22-,26-25-. The van der Waals surface area contributed by atoms with E-state index in [0.29, 0.717) is 19.3 Å². The number of rotatable bonds is 54. The molecule has 392 valence electrons. The molecule has 0 fully saturated rings. The molecule has 0 aromatic heterocycles. The Bertz CT molecular complexity index is 1130. The molecule has 0 amide bonds. The number of ether oxygens (including phenoxy) is 3. The quantitative estimate of drug-likeness (QED) is 0.0262. The first-order valence-electron chi connectivity index (χ1n) is 29.5. The molecule has 0 radical (unpaired) electrons. The van der Waals surface area contributed by atoms with Crippen molar-refractivity contribution in [1.29, 1.82) is 0 Å². The Morgan fingerprint density at radius 1 is 0.299 bits per heavy atom. The second-order valence-corrected chi connectivity index (χ2v) is 19.9. The van der Waals surface area contributed by atoms with Gasteiger partial charge in [-0.05, 0) is 70.6 Å². The third kappa shape index (κ3) is 54.4.